The molecular weight excluding hydrogens is 251 g/mol. The van der Waals surface area contributed by atoms with Crippen LogP contribution in [0.15, 0.2) is 24.3 Å². The van der Waals surface area contributed by atoms with Crippen molar-refractivity contribution in [2.75, 3.05) is 0 Å². The molecule has 4 nitrogen and oxygen atoms in total. The van der Waals surface area contributed by atoms with E-state index >= 15 is 0 Å². The van der Waals surface area contributed by atoms with Gasteiger partial charge in [-0.25, -0.2) is 4.39 Å². The van der Waals surface area contributed by atoms with Gasteiger partial charge >= 0.3 is 0 Å². The lowest BCUT2D eigenvalue weighted by molar-refractivity contribution is 0.627. The van der Waals surface area contributed by atoms with Gasteiger partial charge in [-0.05, 0) is 24.1 Å². The molecule has 6 heteroatoms. The number of rotatable bonds is 3. The first-order valence-corrected chi connectivity index (χ1v) is 6.52. The highest BCUT2D eigenvalue weighted by atomic mass is 32.1. The maximum absolute atomic E-state index is 12.8. The average molecular weight is 262 g/mol. The summed E-state index contributed by atoms with van der Waals surface area (Å²) in [5.74, 6) is 0.555. The maximum atomic E-state index is 12.8. The van der Waals surface area contributed by atoms with Crippen LogP contribution in [-0.2, 0) is 12.8 Å². The minimum Gasteiger partial charge on any atom is -0.207 e. The Kier molecular flexibility index (Phi) is 2.79. The Labute approximate surface area is 107 Å². The summed E-state index contributed by atoms with van der Waals surface area (Å²) in [6.07, 6.45) is 1.50. The Balaban J connectivity index is 1.94. The van der Waals surface area contributed by atoms with E-state index in [1.54, 1.807) is 28.0 Å². The molecule has 0 amide bonds. The molecule has 0 saturated carbocycles. The van der Waals surface area contributed by atoms with Crippen molar-refractivity contribution in [3.63, 3.8) is 0 Å². The first-order valence-electron chi connectivity index (χ1n) is 5.70. The van der Waals surface area contributed by atoms with Gasteiger partial charge in [-0.3, -0.25) is 0 Å². The first-order chi connectivity index (χ1) is 8.76. The highest BCUT2D eigenvalue weighted by Crippen LogP contribution is 2.16. The molecule has 0 aliphatic carbocycles. The largest absolute Gasteiger partial charge is 0.234 e. The van der Waals surface area contributed by atoms with Crippen LogP contribution >= 0.6 is 11.3 Å². The van der Waals surface area contributed by atoms with Gasteiger partial charge in [-0.2, -0.15) is 9.61 Å². The molecule has 3 rings (SSSR count). The van der Waals surface area contributed by atoms with Gasteiger partial charge in [0.15, 0.2) is 5.82 Å². The molecule has 0 aliphatic rings. The number of nitrogens with zero attached hydrogens (tertiary/aromatic N) is 4. The lowest BCUT2D eigenvalue weighted by Crippen LogP contribution is -1.98. The van der Waals surface area contributed by atoms with Crippen LogP contribution in [0.2, 0.25) is 0 Å². The van der Waals surface area contributed by atoms with Crippen molar-refractivity contribution < 1.29 is 4.39 Å². The quantitative estimate of drug-likeness (QED) is 0.728. The van der Waals surface area contributed by atoms with Crippen LogP contribution in [-0.4, -0.2) is 19.8 Å². The van der Waals surface area contributed by atoms with Crippen LogP contribution in [0.1, 0.15) is 23.3 Å². The molecule has 0 radical (unpaired) electrons. The molecule has 0 fully saturated rings. The number of benzene rings is 1. The lowest BCUT2D eigenvalue weighted by Gasteiger charge is -1.98. The number of hydrogen-bond donors (Lipinski definition) is 0. The van der Waals surface area contributed by atoms with Gasteiger partial charge in [0.2, 0.25) is 4.96 Å². The summed E-state index contributed by atoms with van der Waals surface area (Å²) in [7, 11) is 0. The first kappa shape index (κ1) is 11.3. The topological polar surface area (TPSA) is 43.1 Å². The fourth-order valence-electron chi connectivity index (χ4n) is 1.74. The van der Waals surface area contributed by atoms with E-state index in [9.17, 15) is 4.39 Å². The summed E-state index contributed by atoms with van der Waals surface area (Å²) in [4.78, 5) is 0.809. The van der Waals surface area contributed by atoms with Gasteiger partial charge in [0.25, 0.3) is 0 Å². The summed E-state index contributed by atoms with van der Waals surface area (Å²) in [5.41, 5.74) is 0.997. The summed E-state index contributed by atoms with van der Waals surface area (Å²) < 4.78 is 14.6. The van der Waals surface area contributed by atoms with E-state index in [1.807, 2.05) is 0 Å². The van der Waals surface area contributed by atoms with Crippen molar-refractivity contribution in [3.8, 4) is 0 Å². The fourth-order valence-corrected chi connectivity index (χ4v) is 2.53. The molecule has 1 aromatic carbocycles. The summed E-state index contributed by atoms with van der Waals surface area (Å²) in [6, 6.07) is 6.41. The smallest absolute Gasteiger partial charge is 0.207 e. The van der Waals surface area contributed by atoms with Crippen LogP contribution in [0.25, 0.3) is 4.96 Å². The molecule has 0 bridgehead atoms. The Hall–Kier alpha value is -1.82. The highest BCUT2D eigenvalue weighted by molar-refractivity contribution is 7.16. The van der Waals surface area contributed by atoms with Crippen molar-refractivity contribution >= 4 is 16.3 Å². The standard InChI is InChI=1S/C12H11FN4S/c1-2-11-16-17-10(14-15-12(17)18-11)7-8-3-5-9(13)6-4-8/h3-6H,2,7H2,1H3. The lowest BCUT2D eigenvalue weighted by atomic mass is 10.1. The van der Waals surface area contributed by atoms with Crippen molar-refractivity contribution in [2.24, 2.45) is 0 Å². The van der Waals surface area contributed by atoms with Gasteiger partial charge in [0.1, 0.15) is 10.8 Å². The van der Waals surface area contributed by atoms with Crippen LogP contribution in [0.5, 0.6) is 0 Å². The third-order valence-electron chi connectivity index (χ3n) is 2.68. The van der Waals surface area contributed by atoms with Crippen LogP contribution in [0.4, 0.5) is 4.39 Å². The Morgan fingerprint density at radius 2 is 2.00 bits per heavy atom. The SMILES string of the molecule is CCc1nn2c(Cc3ccc(F)cc3)nnc2s1. The third kappa shape index (κ3) is 1.99. The molecule has 0 aliphatic heterocycles. The average Bonchev–Trinajstić information content (AvgIpc) is 2.93. The Morgan fingerprint density at radius 1 is 1.22 bits per heavy atom. The molecule has 92 valence electrons. The zero-order valence-electron chi connectivity index (χ0n) is 9.80. The fraction of sp³-hybridized carbons (Fsp3) is 0.250. The van der Waals surface area contributed by atoms with Gasteiger partial charge in [0.05, 0.1) is 0 Å². The van der Waals surface area contributed by atoms with Crippen molar-refractivity contribution in [3.05, 3.63) is 46.5 Å². The molecule has 0 spiro atoms. The second-order valence-corrected chi connectivity index (χ2v) is 5.00. The molecule has 2 heterocycles. The predicted molar refractivity (Wildman–Crippen MR) is 67.2 cm³/mol. The van der Waals surface area contributed by atoms with Gasteiger partial charge in [-0.15, -0.1) is 10.2 Å². The molecule has 0 atom stereocenters. The molecule has 0 saturated heterocycles. The van der Waals surface area contributed by atoms with Crippen LogP contribution in [0.3, 0.4) is 0 Å². The second kappa shape index (κ2) is 4.45. The number of fused-ring (bicyclic) bond motifs is 1. The minimum absolute atomic E-state index is 0.230. The maximum Gasteiger partial charge on any atom is 0.234 e. The van der Waals surface area contributed by atoms with Crippen LogP contribution < -0.4 is 0 Å². The molecule has 3 aromatic rings. The summed E-state index contributed by atoms with van der Waals surface area (Å²) in [5, 5.41) is 13.7. The van der Waals surface area contributed by atoms with E-state index in [0.29, 0.717) is 6.42 Å². The number of aryl methyl sites for hydroxylation is 1. The second-order valence-electron chi connectivity index (χ2n) is 3.96. The summed E-state index contributed by atoms with van der Waals surface area (Å²) >= 11 is 1.55. The zero-order valence-corrected chi connectivity index (χ0v) is 10.6. The van der Waals surface area contributed by atoms with Gasteiger partial charge < -0.3 is 0 Å². The summed E-state index contributed by atoms with van der Waals surface area (Å²) in [6.45, 7) is 2.06. The molecule has 18 heavy (non-hydrogen) atoms. The highest BCUT2D eigenvalue weighted by Gasteiger charge is 2.11. The Morgan fingerprint density at radius 3 is 2.72 bits per heavy atom. The molecular formula is C12H11FN4S. The van der Waals surface area contributed by atoms with E-state index in [-0.39, 0.29) is 5.82 Å². The normalized spacial score (nSPS) is 11.2. The zero-order chi connectivity index (χ0) is 12.5. The molecule has 2 aromatic heterocycles. The Bertz CT molecular complexity index is 671. The van der Waals surface area contributed by atoms with Crippen molar-refractivity contribution in [1.29, 1.82) is 0 Å². The third-order valence-corrected chi connectivity index (χ3v) is 3.72. The van der Waals surface area contributed by atoms with E-state index in [0.717, 1.165) is 27.8 Å². The monoisotopic (exact) mass is 262 g/mol. The van der Waals surface area contributed by atoms with E-state index in [1.165, 1.54) is 12.1 Å². The van der Waals surface area contributed by atoms with Crippen molar-refractivity contribution in [1.82, 2.24) is 19.8 Å². The molecule has 0 N–H and O–H groups in total. The van der Waals surface area contributed by atoms with Crippen LogP contribution in [0, 0.1) is 5.82 Å². The number of hydrogen-bond acceptors (Lipinski definition) is 4. The van der Waals surface area contributed by atoms with E-state index in [2.05, 4.69) is 22.2 Å². The number of halogens is 1. The van der Waals surface area contributed by atoms with Crippen molar-refractivity contribution in [2.45, 2.75) is 19.8 Å². The minimum atomic E-state index is -0.230. The molecule has 0 unspecified atom stereocenters. The van der Waals surface area contributed by atoms with E-state index in [4.69, 9.17) is 0 Å². The number of aromatic nitrogens is 4. The van der Waals surface area contributed by atoms with E-state index < -0.39 is 0 Å². The van der Waals surface area contributed by atoms with Gasteiger partial charge in [-0.1, -0.05) is 30.4 Å². The van der Waals surface area contributed by atoms with Gasteiger partial charge in [0, 0.05) is 6.42 Å². The predicted octanol–water partition coefficient (Wildman–Crippen LogP) is 2.48.